The normalized spacial score (nSPS) is 10.2. The zero-order valence-electron chi connectivity index (χ0n) is 11.5. The van der Waals surface area contributed by atoms with Gasteiger partial charge in [0.15, 0.2) is 0 Å². The van der Waals surface area contributed by atoms with Crippen molar-refractivity contribution < 1.29 is 9.72 Å². The molecule has 0 aliphatic carbocycles. The van der Waals surface area contributed by atoms with E-state index in [1.54, 1.807) is 37.3 Å². The third-order valence-electron chi connectivity index (χ3n) is 3.12. The van der Waals surface area contributed by atoms with Crippen molar-refractivity contribution in [1.82, 2.24) is 0 Å². The van der Waals surface area contributed by atoms with Crippen LogP contribution in [-0.2, 0) is 0 Å². The summed E-state index contributed by atoms with van der Waals surface area (Å²) in [6, 6.07) is 9.52. The highest BCUT2D eigenvalue weighted by Gasteiger charge is 2.15. The van der Waals surface area contributed by atoms with E-state index in [1.807, 2.05) is 6.92 Å². The number of aryl methyl sites for hydroxylation is 2. The minimum Gasteiger partial charge on any atom is -0.322 e. The fourth-order valence-corrected chi connectivity index (χ4v) is 2.04. The number of nitrogens with zero attached hydrogens (tertiary/aromatic N) is 1. The zero-order valence-corrected chi connectivity index (χ0v) is 12.3. The third kappa shape index (κ3) is 3.38. The average Bonchev–Trinajstić information content (AvgIpc) is 2.43. The number of benzene rings is 2. The van der Waals surface area contributed by atoms with Gasteiger partial charge in [-0.1, -0.05) is 23.7 Å². The Morgan fingerprint density at radius 3 is 2.48 bits per heavy atom. The van der Waals surface area contributed by atoms with Gasteiger partial charge in [0.2, 0.25) is 0 Å². The highest BCUT2D eigenvalue weighted by molar-refractivity contribution is 6.31. The van der Waals surface area contributed by atoms with Gasteiger partial charge in [0.25, 0.3) is 11.6 Å². The molecule has 108 valence electrons. The number of carbonyl (C=O) groups excluding carboxylic acids is 1. The molecule has 0 aliphatic rings. The molecular weight excluding hydrogens is 292 g/mol. The van der Waals surface area contributed by atoms with Crippen LogP contribution in [0.25, 0.3) is 0 Å². The fourth-order valence-electron chi connectivity index (χ4n) is 1.87. The van der Waals surface area contributed by atoms with Gasteiger partial charge in [-0.15, -0.1) is 0 Å². The second-order valence-electron chi connectivity index (χ2n) is 4.67. The molecule has 5 nitrogen and oxygen atoms in total. The van der Waals surface area contributed by atoms with Crippen molar-refractivity contribution in [3.8, 4) is 0 Å². The maximum atomic E-state index is 12.2. The van der Waals surface area contributed by atoms with Gasteiger partial charge in [0.1, 0.15) is 0 Å². The molecule has 1 amide bonds. The Hall–Kier alpha value is -2.40. The van der Waals surface area contributed by atoms with E-state index >= 15 is 0 Å². The van der Waals surface area contributed by atoms with Gasteiger partial charge < -0.3 is 5.32 Å². The summed E-state index contributed by atoms with van der Waals surface area (Å²) in [4.78, 5) is 22.6. The number of anilines is 1. The number of nitro groups is 1. The number of rotatable bonds is 3. The molecule has 0 aromatic heterocycles. The van der Waals surface area contributed by atoms with E-state index in [9.17, 15) is 14.9 Å². The molecule has 1 N–H and O–H groups in total. The second kappa shape index (κ2) is 5.93. The van der Waals surface area contributed by atoms with Gasteiger partial charge >= 0.3 is 0 Å². The summed E-state index contributed by atoms with van der Waals surface area (Å²) in [6.45, 7) is 3.46. The standard InChI is InChI=1S/C15H13ClN2O3/c1-9-4-6-12(16)8-13(9)17-15(19)11-5-3-10(2)14(7-11)18(20)21/h3-8H,1-2H3,(H,17,19). The molecule has 0 saturated heterocycles. The summed E-state index contributed by atoms with van der Waals surface area (Å²) >= 11 is 5.89. The van der Waals surface area contributed by atoms with Crippen molar-refractivity contribution in [3.05, 3.63) is 68.2 Å². The molecule has 2 aromatic carbocycles. The van der Waals surface area contributed by atoms with E-state index in [-0.39, 0.29) is 11.3 Å². The van der Waals surface area contributed by atoms with Crippen LogP contribution < -0.4 is 5.32 Å². The van der Waals surface area contributed by atoms with Crippen LogP contribution in [0, 0.1) is 24.0 Å². The Morgan fingerprint density at radius 1 is 1.14 bits per heavy atom. The molecule has 0 atom stereocenters. The van der Waals surface area contributed by atoms with Crippen molar-refractivity contribution in [3.63, 3.8) is 0 Å². The van der Waals surface area contributed by atoms with E-state index in [1.165, 1.54) is 6.07 Å². The Labute approximate surface area is 126 Å². The van der Waals surface area contributed by atoms with Crippen LogP contribution in [-0.4, -0.2) is 10.8 Å². The van der Waals surface area contributed by atoms with E-state index in [0.717, 1.165) is 5.56 Å². The van der Waals surface area contributed by atoms with Crippen LogP contribution in [0.15, 0.2) is 36.4 Å². The summed E-state index contributed by atoms with van der Waals surface area (Å²) in [5.41, 5.74) is 2.10. The lowest BCUT2D eigenvalue weighted by atomic mass is 10.1. The third-order valence-corrected chi connectivity index (χ3v) is 3.35. The summed E-state index contributed by atoms with van der Waals surface area (Å²) in [6.07, 6.45) is 0. The zero-order chi connectivity index (χ0) is 15.6. The maximum Gasteiger partial charge on any atom is 0.273 e. The minimum absolute atomic E-state index is 0.0783. The van der Waals surface area contributed by atoms with Gasteiger partial charge in [0, 0.05) is 27.9 Å². The lowest BCUT2D eigenvalue weighted by Crippen LogP contribution is -2.13. The average molecular weight is 305 g/mol. The van der Waals surface area contributed by atoms with Crippen LogP contribution >= 0.6 is 11.6 Å². The molecule has 0 bridgehead atoms. The molecule has 0 unspecified atom stereocenters. The summed E-state index contributed by atoms with van der Waals surface area (Å²) in [5.74, 6) is -0.413. The van der Waals surface area contributed by atoms with E-state index < -0.39 is 10.8 Å². The fraction of sp³-hybridized carbons (Fsp3) is 0.133. The number of hydrogen-bond donors (Lipinski definition) is 1. The lowest BCUT2D eigenvalue weighted by Gasteiger charge is -2.09. The van der Waals surface area contributed by atoms with Crippen molar-refractivity contribution in [2.75, 3.05) is 5.32 Å². The summed E-state index contributed by atoms with van der Waals surface area (Å²) in [5, 5.41) is 14.1. The van der Waals surface area contributed by atoms with E-state index in [0.29, 0.717) is 16.3 Å². The van der Waals surface area contributed by atoms with Crippen LogP contribution in [0.4, 0.5) is 11.4 Å². The summed E-state index contributed by atoms with van der Waals surface area (Å²) in [7, 11) is 0. The minimum atomic E-state index is -0.503. The molecule has 2 aromatic rings. The van der Waals surface area contributed by atoms with Crippen LogP contribution in [0.1, 0.15) is 21.5 Å². The molecule has 0 aliphatic heterocycles. The number of halogens is 1. The second-order valence-corrected chi connectivity index (χ2v) is 5.11. The molecule has 0 spiro atoms. The summed E-state index contributed by atoms with van der Waals surface area (Å²) < 4.78 is 0. The monoisotopic (exact) mass is 304 g/mol. The smallest absolute Gasteiger partial charge is 0.273 e. The molecule has 0 fully saturated rings. The molecule has 0 heterocycles. The number of amides is 1. The number of nitro benzene ring substituents is 1. The highest BCUT2D eigenvalue weighted by atomic mass is 35.5. The molecular formula is C15H13ClN2O3. The van der Waals surface area contributed by atoms with E-state index in [4.69, 9.17) is 11.6 Å². The lowest BCUT2D eigenvalue weighted by molar-refractivity contribution is -0.385. The highest BCUT2D eigenvalue weighted by Crippen LogP contribution is 2.23. The quantitative estimate of drug-likeness (QED) is 0.685. The number of carbonyl (C=O) groups is 1. The van der Waals surface area contributed by atoms with Crippen LogP contribution in [0.5, 0.6) is 0 Å². The first kappa shape index (κ1) is 15.0. The van der Waals surface area contributed by atoms with Gasteiger partial charge in [0.05, 0.1) is 4.92 Å². The van der Waals surface area contributed by atoms with Gasteiger partial charge in [-0.05, 0) is 37.6 Å². The molecule has 2 rings (SSSR count). The largest absolute Gasteiger partial charge is 0.322 e. The Morgan fingerprint density at radius 2 is 1.81 bits per heavy atom. The van der Waals surface area contributed by atoms with Gasteiger partial charge in [-0.2, -0.15) is 0 Å². The Bertz CT molecular complexity index is 729. The SMILES string of the molecule is Cc1ccc(Cl)cc1NC(=O)c1ccc(C)c([N+](=O)[O-])c1. The molecule has 0 radical (unpaired) electrons. The Kier molecular flexibility index (Phi) is 4.23. The number of nitrogens with one attached hydrogen (secondary N) is 1. The van der Waals surface area contributed by atoms with Crippen molar-refractivity contribution in [2.45, 2.75) is 13.8 Å². The maximum absolute atomic E-state index is 12.2. The van der Waals surface area contributed by atoms with Crippen molar-refractivity contribution in [1.29, 1.82) is 0 Å². The van der Waals surface area contributed by atoms with Crippen molar-refractivity contribution >= 4 is 28.9 Å². The Balaban J connectivity index is 2.30. The van der Waals surface area contributed by atoms with E-state index in [2.05, 4.69) is 5.32 Å². The van der Waals surface area contributed by atoms with Crippen LogP contribution in [0.2, 0.25) is 5.02 Å². The molecule has 6 heteroatoms. The van der Waals surface area contributed by atoms with Gasteiger partial charge in [-0.25, -0.2) is 0 Å². The predicted molar refractivity (Wildman–Crippen MR) is 82.0 cm³/mol. The van der Waals surface area contributed by atoms with Gasteiger partial charge in [-0.3, -0.25) is 14.9 Å². The van der Waals surface area contributed by atoms with Crippen LogP contribution in [0.3, 0.4) is 0 Å². The first-order chi connectivity index (χ1) is 9.88. The predicted octanol–water partition coefficient (Wildman–Crippen LogP) is 4.12. The first-order valence-electron chi connectivity index (χ1n) is 6.21. The number of hydrogen-bond acceptors (Lipinski definition) is 3. The topological polar surface area (TPSA) is 72.2 Å². The molecule has 21 heavy (non-hydrogen) atoms. The molecule has 0 saturated carbocycles. The van der Waals surface area contributed by atoms with Crippen molar-refractivity contribution in [2.24, 2.45) is 0 Å². The first-order valence-corrected chi connectivity index (χ1v) is 6.59.